The topological polar surface area (TPSA) is 75.2 Å². The summed E-state index contributed by atoms with van der Waals surface area (Å²) in [6.07, 6.45) is 3.31. The second kappa shape index (κ2) is 5.56. The number of piperazine rings is 1. The summed E-state index contributed by atoms with van der Waals surface area (Å²) in [4.78, 5) is 34.4. The maximum Gasteiger partial charge on any atom is 0.246 e. The molecule has 2 rings (SSSR count). The van der Waals surface area contributed by atoms with Crippen molar-refractivity contribution < 1.29 is 9.59 Å². The molecule has 1 aromatic rings. The van der Waals surface area contributed by atoms with E-state index in [-0.39, 0.29) is 17.7 Å². The van der Waals surface area contributed by atoms with Crippen LogP contribution in [-0.2, 0) is 16.1 Å². The van der Waals surface area contributed by atoms with E-state index in [0.717, 1.165) is 5.69 Å². The van der Waals surface area contributed by atoms with Gasteiger partial charge in [0.2, 0.25) is 11.8 Å². The van der Waals surface area contributed by atoms with Crippen LogP contribution >= 0.6 is 0 Å². The molecule has 0 aromatic carbocycles. The number of aromatic nitrogens is 2. The first-order valence-corrected chi connectivity index (χ1v) is 6.78. The average molecular weight is 276 g/mol. The lowest BCUT2D eigenvalue weighted by Crippen LogP contribution is -2.63. The predicted molar refractivity (Wildman–Crippen MR) is 73.5 cm³/mol. The quantitative estimate of drug-likeness (QED) is 0.880. The van der Waals surface area contributed by atoms with Gasteiger partial charge in [-0.2, -0.15) is 0 Å². The van der Waals surface area contributed by atoms with Crippen molar-refractivity contribution in [2.45, 2.75) is 46.3 Å². The van der Waals surface area contributed by atoms with Crippen LogP contribution in [0.15, 0.2) is 12.4 Å². The SMILES string of the molecule is Cc1cnc(CN2C(=O)C(C(C)C)NC(=O)C2C)cn1. The second-order valence-electron chi connectivity index (χ2n) is 5.52. The minimum absolute atomic E-state index is 0.0607. The summed E-state index contributed by atoms with van der Waals surface area (Å²) in [5, 5.41) is 2.77. The molecule has 0 aliphatic carbocycles. The molecule has 6 heteroatoms. The smallest absolute Gasteiger partial charge is 0.246 e. The number of aryl methyl sites for hydroxylation is 1. The number of nitrogens with zero attached hydrogens (tertiary/aromatic N) is 3. The van der Waals surface area contributed by atoms with Crippen LogP contribution in [-0.4, -0.2) is 38.8 Å². The first-order valence-electron chi connectivity index (χ1n) is 6.78. The highest BCUT2D eigenvalue weighted by Crippen LogP contribution is 2.17. The van der Waals surface area contributed by atoms with E-state index in [1.165, 1.54) is 0 Å². The largest absolute Gasteiger partial charge is 0.342 e. The molecule has 2 unspecified atom stereocenters. The number of hydrogen-bond acceptors (Lipinski definition) is 4. The third kappa shape index (κ3) is 2.79. The molecule has 1 saturated heterocycles. The number of nitrogens with one attached hydrogen (secondary N) is 1. The standard InChI is InChI=1S/C14H20N4O2/c1-8(2)12-14(20)18(10(4)13(19)17-12)7-11-6-15-9(3)5-16-11/h5-6,8,10,12H,7H2,1-4H3,(H,17,19). The van der Waals surface area contributed by atoms with Gasteiger partial charge in [0.1, 0.15) is 12.1 Å². The van der Waals surface area contributed by atoms with Crippen molar-refractivity contribution in [3.63, 3.8) is 0 Å². The van der Waals surface area contributed by atoms with Crippen molar-refractivity contribution >= 4 is 11.8 Å². The second-order valence-corrected chi connectivity index (χ2v) is 5.52. The van der Waals surface area contributed by atoms with Crippen LogP contribution in [0.4, 0.5) is 0 Å². The summed E-state index contributed by atoms with van der Waals surface area (Å²) in [7, 11) is 0. The van der Waals surface area contributed by atoms with E-state index in [1.54, 1.807) is 24.2 Å². The first kappa shape index (κ1) is 14.4. The fraction of sp³-hybridized carbons (Fsp3) is 0.571. The average Bonchev–Trinajstić information content (AvgIpc) is 2.40. The van der Waals surface area contributed by atoms with Crippen LogP contribution in [0.3, 0.4) is 0 Å². The van der Waals surface area contributed by atoms with Crippen LogP contribution in [0.5, 0.6) is 0 Å². The van der Waals surface area contributed by atoms with E-state index in [9.17, 15) is 9.59 Å². The van der Waals surface area contributed by atoms with Crippen LogP contribution in [0.2, 0.25) is 0 Å². The Morgan fingerprint density at radius 2 is 2.00 bits per heavy atom. The zero-order chi connectivity index (χ0) is 14.9. The lowest BCUT2D eigenvalue weighted by molar-refractivity contribution is -0.150. The molecule has 2 atom stereocenters. The summed E-state index contributed by atoms with van der Waals surface area (Å²) in [6.45, 7) is 7.73. The highest BCUT2D eigenvalue weighted by Gasteiger charge is 2.39. The summed E-state index contributed by atoms with van der Waals surface area (Å²) < 4.78 is 0. The van der Waals surface area contributed by atoms with E-state index in [2.05, 4.69) is 15.3 Å². The zero-order valence-corrected chi connectivity index (χ0v) is 12.3. The lowest BCUT2D eigenvalue weighted by atomic mass is 9.98. The summed E-state index contributed by atoms with van der Waals surface area (Å²) >= 11 is 0. The van der Waals surface area contributed by atoms with E-state index < -0.39 is 12.1 Å². The van der Waals surface area contributed by atoms with Gasteiger partial charge < -0.3 is 10.2 Å². The van der Waals surface area contributed by atoms with Gasteiger partial charge in [-0.1, -0.05) is 13.8 Å². The third-order valence-corrected chi connectivity index (χ3v) is 3.53. The molecule has 1 aliphatic rings. The van der Waals surface area contributed by atoms with E-state index in [1.807, 2.05) is 20.8 Å². The zero-order valence-electron chi connectivity index (χ0n) is 12.3. The first-order chi connectivity index (χ1) is 9.40. The van der Waals surface area contributed by atoms with Crippen molar-refractivity contribution in [3.8, 4) is 0 Å². The Labute approximate surface area is 118 Å². The van der Waals surface area contributed by atoms with Crippen LogP contribution in [0.1, 0.15) is 32.2 Å². The van der Waals surface area contributed by atoms with Gasteiger partial charge in [-0.15, -0.1) is 0 Å². The predicted octanol–water partition coefficient (Wildman–Crippen LogP) is 0.657. The molecule has 6 nitrogen and oxygen atoms in total. The molecule has 0 saturated carbocycles. The molecule has 0 radical (unpaired) electrons. The number of hydrogen-bond donors (Lipinski definition) is 1. The van der Waals surface area contributed by atoms with Gasteiger partial charge in [0.25, 0.3) is 0 Å². The van der Waals surface area contributed by atoms with Crippen molar-refractivity contribution in [2.75, 3.05) is 0 Å². The molecule has 0 spiro atoms. The molecule has 1 aliphatic heterocycles. The Morgan fingerprint density at radius 1 is 1.30 bits per heavy atom. The van der Waals surface area contributed by atoms with Gasteiger partial charge in [0.05, 0.1) is 24.1 Å². The van der Waals surface area contributed by atoms with Crippen molar-refractivity contribution in [3.05, 3.63) is 23.8 Å². The van der Waals surface area contributed by atoms with Crippen molar-refractivity contribution in [1.82, 2.24) is 20.2 Å². The summed E-state index contributed by atoms with van der Waals surface area (Å²) in [5.74, 6) is -0.122. The Morgan fingerprint density at radius 3 is 2.55 bits per heavy atom. The Kier molecular flexibility index (Phi) is 4.01. The normalized spacial score (nSPS) is 23.1. The summed E-state index contributed by atoms with van der Waals surface area (Å²) in [6, 6.07) is -0.947. The third-order valence-electron chi connectivity index (χ3n) is 3.53. The Balaban J connectivity index is 2.20. The van der Waals surface area contributed by atoms with E-state index >= 15 is 0 Å². The molecule has 0 bridgehead atoms. The summed E-state index contributed by atoms with van der Waals surface area (Å²) in [5.41, 5.74) is 1.51. The Hall–Kier alpha value is -1.98. The highest BCUT2D eigenvalue weighted by atomic mass is 16.2. The maximum absolute atomic E-state index is 12.5. The van der Waals surface area contributed by atoms with Gasteiger partial charge in [0, 0.05) is 6.20 Å². The molecule has 20 heavy (non-hydrogen) atoms. The number of carbonyl (C=O) groups is 2. The number of carbonyl (C=O) groups excluding carboxylic acids is 2. The minimum Gasteiger partial charge on any atom is -0.342 e. The van der Waals surface area contributed by atoms with Crippen LogP contribution < -0.4 is 5.32 Å². The van der Waals surface area contributed by atoms with Gasteiger partial charge >= 0.3 is 0 Å². The van der Waals surface area contributed by atoms with Gasteiger partial charge in [-0.3, -0.25) is 19.6 Å². The lowest BCUT2D eigenvalue weighted by Gasteiger charge is -2.38. The van der Waals surface area contributed by atoms with E-state index in [4.69, 9.17) is 0 Å². The highest BCUT2D eigenvalue weighted by molar-refractivity contribution is 5.96. The monoisotopic (exact) mass is 276 g/mol. The van der Waals surface area contributed by atoms with Crippen molar-refractivity contribution in [2.24, 2.45) is 5.92 Å². The van der Waals surface area contributed by atoms with Crippen LogP contribution in [0.25, 0.3) is 0 Å². The van der Waals surface area contributed by atoms with Crippen molar-refractivity contribution in [1.29, 1.82) is 0 Å². The molecule has 1 N–H and O–H groups in total. The maximum atomic E-state index is 12.5. The number of rotatable bonds is 3. The van der Waals surface area contributed by atoms with Crippen LogP contribution in [0, 0.1) is 12.8 Å². The molecule has 1 fully saturated rings. The Bertz CT molecular complexity index is 512. The molecular formula is C14H20N4O2. The van der Waals surface area contributed by atoms with E-state index in [0.29, 0.717) is 12.2 Å². The van der Waals surface area contributed by atoms with Gasteiger partial charge in [0.15, 0.2) is 0 Å². The molecular weight excluding hydrogens is 256 g/mol. The molecule has 1 aromatic heterocycles. The number of amides is 2. The fourth-order valence-corrected chi connectivity index (χ4v) is 2.19. The molecule has 2 heterocycles. The molecule has 2 amide bonds. The minimum atomic E-state index is -0.486. The van der Waals surface area contributed by atoms with Gasteiger partial charge in [-0.05, 0) is 19.8 Å². The van der Waals surface area contributed by atoms with Gasteiger partial charge in [-0.25, -0.2) is 0 Å². The molecule has 108 valence electrons. The fourth-order valence-electron chi connectivity index (χ4n) is 2.19.